The Labute approximate surface area is 150 Å². The molecule has 2 aromatic rings. The lowest BCUT2D eigenvalue weighted by atomic mass is 10.00. The molecule has 0 aliphatic rings. The predicted octanol–water partition coefficient (Wildman–Crippen LogP) is 2.98. The lowest BCUT2D eigenvalue weighted by molar-refractivity contribution is 0.372. The Kier molecular flexibility index (Phi) is 7.44. The fourth-order valence-electron chi connectivity index (χ4n) is 2.54. The van der Waals surface area contributed by atoms with Crippen LogP contribution in [0.3, 0.4) is 0 Å². The molecule has 0 radical (unpaired) electrons. The van der Waals surface area contributed by atoms with E-state index in [9.17, 15) is 0 Å². The van der Waals surface area contributed by atoms with Crippen LogP contribution in [-0.4, -0.2) is 35.7 Å². The minimum atomic E-state index is 0.386. The summed E-state index contributed by atoms with van der Waals surface area (Å²) in [5, 5.41) is 10.5. The van der Waals surface area contributed by atoms with Gasteiger partial charge in [0.05, 0.1) is 0 Å². The van der Waals surface area contributed by atoms with Gasteiger partial charge in [-0.15, -0.1) is 0 Å². The van der Waals surface area contributed by atoms with Crippen LogP contribution in [0.4, 0.5) is 0 Å². The monoisotopic (exact) mass is 343 g/mol. The Hall–Kier alpha value is -2.37. The molecule has 0 amide bonds. The third-order valence-corrected chi connectivity index (χ3v) is 3.91. The highest BCUT2D eigenvalue weighted by molar-refractivity contribution is 5.79. The summed E-state index contributed by atoms with van der Waals surface area (Å²) in [6.07, 6.45) is 1.69. The summed E-state index contributed by atoms with van der Waals surface area (Å²) in [6.45, 7) is 10.6. The van der Waals surface area contributed by atoms with E-state index in [1.165, 1.54) is 11.1 Å². The van der Waals surface area contributed by atoms with Gasteiger partial charge in [-0.05, 0) is 32.8 Å². The molecule has 0 aliphatic carbocycles. The molecule has 1 aromatic heterocycles. The zero-order valence-corrected chi connectivity index (χ0v) is 15.7. The molecule has 2 rings (SSSR count). The second-order valence-corrected chi connectivity index (χ2v) is 6.30. The number of hydrogen-bond donors (Lipinski definition) is 2. The van der Waals surface area contributed by atoms with Gasteiger partial charge in [-0.1, -0.05) is 41.9 Å². The van der Waals surface area contributed by atoms with Gasteiger partial charge in [0, 0.05) is 32.0 Å². The van der Waals surface area contributed by atoms with E-state index in [0.29, 0.717) is 17.6 Å². The molecule has 1 aromatic carbocycles. The number of benzene rings is 1. The van der Waals surface area contributed by atoms with Crippen LogP contribution in [0, 0.1) is 13.8 Å². The number of rotatable bonds is 8. The minimum absolute atomic E-state index is 0.386. The van der Waals surface area contributed by atoms with E-state index >= 15 is 0 Å². The molecular formula is C19H29N5O. The van der Waals surface area contributed by atoms with Crippen LogP contribution in [0.2, 0.25) is 0 Å². The van der Waals surface area contributed by atoms with Crippen molar-refractivity contribution in [3.8, 4) is 0 Å². The highest BCUT2D eigenvalue weighted by Crippen LogP contribution is 2.16. The summed E-state index contributed by atoms with van der Waals surface area (Å²) < 4.78 is 5.12. The van der Waals surface area contributed by atoms with Crippen molar-refractivity contribution in [2.24, 2.45) is 4.99 Å². The highest BCUT2D eigenvalue weighted by Gasteiger charge is 2.06. The van der Waals surface area contributed by atoms with Crippen LogP contribution in [-0.2, 0) is 6.42 Å². The van der Waals surface area contributed by atoms with E-state index < -0.39 is 0 Å². The van der Waals surface area contributed by atoms with Gasteiger partial charge in [0.1, 0.15) is 0 Å². The summed E-state index contributed by atoms with van der Waals surface area (Å²) in [5.74, 6) is 2.61. The van der Waals surface area contributed by atoms with Crippen molar-refractivity contribution in [3.05, 3.63) is 47.1 Å². The van der Waals surface area contributed by atoms with E-state index in [0.717, 1.165) is 38.4 Å². The largest absolute Gasteiger partial charge is 0.357 e. The van der Waals surface area contributed by atoms with Gasteiger partial charge in [-0.3, -0.25) is 4.99 Å². The first-order valence-electron chi connectivity index (χ1n) is 8.96. The molecule has 0 fully saturated rings. The molecular weight excluding hydrogens is 314 g/mol. The summed E-state index contributed by atoms with van der Waals surface area (Å²) in [4.78, 5) is 8.92. The molecule has 0 saturated heterocycles. The lowest BCUT2D eigenvalue weighted by Gasteiger charge is -2.14. The van der Waals surface area contributed by atoms with E-state index in [-0.39, 0.29) is 0 Å². The van der Waals surface area contributed by atoms with Crippen LogP contribution in [0.1, 0.15) is 49.0 Å². The lowest BCUT2D eigenvalue weighted by Crippen LogP contribution is -2.38. The number of aliphatic imine (C=N–C) groups is 1. The number of hydrogen-bond acceptors (Lipinski definition) is 4. The van der Waals surface area contributed by atoms with Crippen LogP contribution >= 0.6 is 0 Å². The molecule has 25 heavy (non-hydrogen) atoms. The fraction of sp³-hybridized carbons (Fsp3) is 0.526. The first-order valence-corrected chi connectivity index (χ1v) is 8.96. The first-order chi connectivity index (χ1) is 12.1. The molecule has 0 saturated carbocycles. The normalized spacial score (nSPS) is 12.9. The first kappa shape index (κ1) is 19.0. The molecule has 0 aliphatic heterocycles. The summed E-state index contributed by atoms with van der Waals surface area (Å²) in [5.41, 5.74) is 2.61. The molecule has 1 atom stereocenters. The summed E-state index contributed by atoms with van der Waals surface area (Å²) >= 11 is 0. The van der Waals surface area contributed by atoms with Crippen LogP contribution in [0.5, 0.6) is 0 Å². The molecule has 0 spiro atoms. The zero-order chi connectivity index (χ0) is 18.1. The van der Waals surface area contributed by atoms with Gasteiger partial charge in [-0.2, -0.15) is 4.98 Å². The number of aryl methyl sites for hydroxylation is 3. The van der Waals surface area contributed by atoms with Crippen molar-refractivity contribution in [1.29, 1.82) is 0 Å². The standard InChI is InChI=1S/C19H29N5O/c1-5-20-19(21-11-7-10-18-23-16(4)24-25-18)22-13-15(3)17-9-6-8-14(2)12-17/h6,8-9,12,15H,5,7,10-11,13H2,1-4H3,(H2,20,21,22). The average molecular weight is 343 g/mol. The minimum Gasteiger partial charge on any atom is -0.357 e. The quantitative estimate of drug-likeness (QED) is 0.438. The van der Waals surface area contributed by atoms with E-state index in [4.69, 9.17) is 9.52 Å². The average Bonchev–Trinajstić information content (AvgIpc) is 3.01. The van der Waals surface area contributed by atoms with Gasteiger partial charge in [0.2, 0.25) is 5.89 Å². The Morgan fingerprint density at radius 3 is 2.80 bits per heavy atom. The molecule has 2 N–H and O–H groups in total. The molecule has 1 unspecified atom stereocenters. The van der Waals surface area contributed by atoms with Gasteiger partial charge >= 0.3 is 0 Å². The number of nitrogens with zero attached hydrogens (tertiary/aromatic N) is 3. The topological polar surface area (TPSA) is 75.3 Å². The van der Waals surface area contributed by atoms with Crippen molar-refractivity contribution < 1.29 is 4.52 Å². The second-order valence-electron chi connectivity index (χ2n) is 6.30. The van der Waals surface area contributed by atoms with Crippen molar-refractivity contribution in [3.63, 3.8) is 0 Å². The number of aromatic nitrogens is 2. The fourth-order valence-corrected chi connectivity index (χ4v) is 2.54. The maximum Gasteiger partial charge on any atom is 0.226 e. The van der Waals surface area contributed by atoms with Gasteiger partial charge < -0.3 is 15.2 Å². The van der Waals surface area contributed by atoms with Crippen LogP contribution in [0.15, 0.2) is 33.8 Å². The number of nitrogens with one attached hydrogen (secondary N) is 2. The number of guanidine groups is 1. The summed E-state index contributed by atoms with van der Waals surface area (Å²) in [6, 6.07) is 8.62. The van der Waals surface area contributed by atoms with E-state index in [1.807, 2.05) is 6.92 Å². The van der Waals surface area contributed by atoms with Crippen molar-refractivity contribution in [2.45, 2.75) is 46.5 Å². The van der Waals surface area contributed by atoms with Gasteiger partial charge in [-0.25, -0.2) is 0 Å². The summed E-state index contributed by atoms with van der Waals surface area (Å²) in [7, 11) is 0. The highest BCUT2D eigenvalue weighted by atomic mass is 16.5. The van der Waals surface area contributed by atoms with Crippen LogP contribution in [0.25, 0.3) is 0 Å². The smallest absolute Gasteiger partial charge is 0.226 e. The third kappa shape index (κ3) is 6.57. The SMILES string of the molecule is CCNC(=NCC(C)c1cccc(C)c1)NCCCc1nc(C)no1. The van der Waals surface area contributed by atoms with Crippen LogP contribution < -0.4 is 10.6 Å². The molecule has 6 heteroatoms. The zero-order valence-electron chi connectivity index (χ0n) is 15.7. The Morgan fingerprint density at radius 1 is 1.28 bits per heavy atom. The van der Waals surface area contributed by atoms with Crippen molar-refractivity contribution >= 4 is 5.96 Å². The maximum absolute atomic E-state index is 5.12. The van der Waals surface area contributed by atoms with E-state index in [1.54, 1.807) is 0 Å². The Balaban J connectivity index is 1.80. The molecule has 6 nitrogen and oxygen atoms in total. The Morgan fingerprint density at radius 2 is 2.12 bits per heavy atom. The molecule has 1 heterocycles. The van der Waals surface area contributed by atoms with Gasteiger partial charge in [0.25, 0.3) is 0 Å². The maximum atomic E-state index is 5.12. The third-order valence-electron chi connectivity index (χ3n) is 3.91. The molecule has 136 valence electrons. The Bertz CT molecular complexity index is 680. The molecule has 0 bridgehead atoms. The predicted molar refractivity (Wildman–Crippen MR) is 101 cm³/mol. The van der Waals surface area contributed by atoms with E-state index in [2.05, 4.69) is 65.8 Å². The second kappa shape index (κ2) is 9.81. The van der Waals surface area contributed by atoms with Gasteiger partial charge in [0.15, 0.2) is 11.8 Å². The van der Waals surface area contributed by atoms with Crippen molar-refractivity contribution in [1.82, 2.24) is 20.8 Å². The van der Waals surface area contributed by atoms with Crippen molar-refractivity contribution in [2.75, 3.05) is 19.6 Å².